The predicted octanol–water partition coefficient (Wildman–Crippen LogP) is 7.40. The summed E-state index contributed by atoms with van der Waals surface area (Å²) in [6, 6.07) is 15.2. The van der Waals surface area contributed by atoms with Gasteiger partial charge in [-0.1, -0.05) is 44.2 Å². The van der Waals surface area contributed by atoms with Crippen molar-refractivity contribution in [3.63, 3.8) is 0 Å². The van der Waals surface area contributed by atoms with Gasteiger partial charge in [-0.15, -0.1) is 0 Å². The Morgan fingerprint density at radius 2 is 1.68 bits per heavy atom. The Morgan fingerprint density at radius 1 is 1.00 bits per heavy atom. The summed E-state index contributed by atoms with van der Waals surface area (Å²) in [7, 11) is 1.62. The van der Waals surface area contributed by atoms with Crippen molar-refractivity contribution in [1.29, 1.82) is 0 Å². The van der Waals surface area contributed by atoms with Crippen LogP contribution in [0.25, 0.3) is 0 Å². The van der Waals surface area contributed by atoms with Gasteiger partial charge in [0.15, 0.2) is 6.17 Å². The topological polar surface area (TPSA) is 31.4 Å². The molecule has 1 aromatic heterocycles. The molecule has 2 aromatic carbocycles. The molecule has 7 heteroatoms. The third kappa shape index (κ3) is 5.41. The average Bonchev–Trinajstić information content (AvgIpc) is 2.81. The number of hydrogen-bond acceptors (Lipinski definition) is 3. The highest BCUT2D eigenvalue weighted by Gasteiger charge is 2.35. The highest BCUT2D eigenvalue weighted by Crippen LogP contribution is 2.43. The number of rotatable bonds is 6. The smallest absolute Gasteiger partial charge is 0.416 e. The second-order valence-corrected chi connectivity index (χ2v) is 9.45. The van der Waals surface area contributed by atoms with Crippen molar-refractivity contribution >= 4 is 0 Å². The van der Waals surface area contributed by atoms with Gasteiger partial charge in [0.1, 0.15) is 5.75 Å². The van der Waals surface area contributed by atoms with Gasteiger partial charge in [0, 0.05) is 11.3 Å². The van der Waals surface area contributed by atoms with E-state index in [1.807, 2.05) is 30.3 Å². The van der Waals surface area contributed by atoms with E-state index >= 15 is 4.39 Å². The number of halogens is 4. The van der Waals surface area contributed by atoms with Crippen LogP contribution in [0.1, 0.15) is 66.2 Å². The number of fused-ring (bicyclic) bond motifs is 1. The Morgan fingerprint density at radius 3 is 2.29 bits per heavy atom. The maximum absolute atomic E-state index is 15.2. The second-order valence-electron chi connectivity index (χ2n) is 9.45. The van der Waals surface area contributed by atoms with E-state index in [0.717, 1.165) is 41.1 Å². The van der Waals surface area contributed by atoms with Gasteiger partial charge in [-0.05, 0) is 59.7 Å². The van der Waals surface area contributed by atoms with Crippen LogP contribution in [0.2, 0.25) is 0 Å². The van der Waals surface area contributed by atoms with Gasteiger partial charge in [0.25, 0.3) is 0 Å². The summed E-state index contributed by atoms with van der Waals surface area (Å²) in [5, 5.41) is 0. The highest BCUT2D eigenvalue weighted by molar-refractivity contribution is 5.35. The lowest BCUT2D eigenvalue weighted by atomic mass is 9.74. The minimum atomic E-state index is -4.46. The van der Waals surface area contributed by atoms with E-state index in [-0.39, 0.29) is 22.8 Å². The van der Waals surface area contributed by atoms with E-state index in [4.69, 9.17) is 9.47 Å². The SMILES string of the molecule is COc1ccc(COC2CC(C)(C)Cc3nc([C@@H](F)c4ccc(C(F)(F)F)cc4)ccc32)cc1. The van der Waals surface area contributed by atoms with Gasteiger partial charge in [0.2, 0.25) is 0 Å². The zero-order valence-corrected chi connectivity index (χ0v) is 19.3. The number of nitrogens with zero attached hydrogens (tertiary/aromatic N) is 1. The first kappa shape index (κ1) is 24.2. The van der Waals surface area contributed by atoms with Crippen LogP contribution in [0.5, 0.6) is 5.75 Å². The summed E-state index contributed by atoms with van der Waals surface area (Å²) in [6.07, 6.45) is -4.79. The Balaban J connectivity index is 1.54. The number of hydrogen-bond donors (Lipinski definition) is 0. The Labute approximate surface area is 196 Å². The molecule has 0 saturated heterocycles. The molecule has 4 rings (SSSR count). The minimum absolute atomic E-state index is 0.0939. The van der Waals surface area contributed by atoms with Gasteiger partial charge in [-0.3, -0.25) is 4.98 Å². The van der Waals surface area contributed by atoms with E-state index in [1.165, 1.54) is 12.1 Å². The molecule has 3 aromatic rings. The third-order valence-electron chi connectivity index (χ3n) is 6.16. The number of ether oxygens (including phenoxy) is 2. The summed E-state index contributed by atoms with van der Waals surface area (Å²) in [4.78, 5) is 4.59. The largest absolute Gasteiger partial charge is 0.497 e. The number of alkyl halides is 4. The molecule has 0 saturated carbocycles. The van der Waals surface area contributed by atoms with Gasteiger partial charge in [-0.2, -0.15) is 13.2 Å². The van der Waals surface area contributed by atoms with Crippen LogP contribution in [0.4, 0.5) is 17.6 Å². The first-order chi connectivity index (χ1) is 16.1. The van der Waals surface area contributed by atoms with Crippen LogP contribution in [0.3, 0.4) is 0 Å². The van der Waals surface area contributed by atoms with Gasteiger partial charge in [-0.25, -0.2) is 4.39 Å². The zero-order valence-electron chi connectivity index (χ0n) is 19.3. The van der Waals surface area contributed by atoms with Crippen LogP contribution in [0.15, 0.2) is 60.7 Å². The fourth-order valence-electron chi connectivity index (χ4n) is 4.32. The van der Waals surface area contributed by atoms with Crippen LogP contribution in [-0.4, -0.2) is 12.1 Å². The molecule has 0 aliphatic heterocycles. The molecule has 0 spiro atoms. The molecule has 0 bridgehead atoms. The molecule has 0 N–H and O–H groups in total. The average molecular weight is 474 g/mol. The first-order valence-corrected chi connectivity index (χ1v) is 11.1. The lowest BCUT2D eigenvalue weighted by molar-refractivity contribution is -0.137. The fourth-order valence-corrected chi connectivity index (χ4v) is 4.32. The van der Waals surface area contributed by atoms with Crippen LogP contribution >= 0.6 is 0 Å². The monoisotopic (exact) mass is 473 g/mol. The van der Waals surface area contributed by atoms with E-state index in [2.05, 4.69) is 18.8 Å². The van der Waals surface area contributed by atoms with Crippen LogP contribution in [-0.2, 0) is 23.9 Å². The van der Waals surface area contributed by atoms with E-state index in [9.17, 15) is 13.2 Å². The molecular formula is C27H27F4NO2. The summed E-state index contributed by atoms with van der Waals surface area (Å²) in [6.45, 7) is 4.66. The maximum Gasteiger partial charge on any atom is 0.416 e. The Kier molecular flexibility index (Phi) is 6.67. The van der Waals surface area contributed by atoms with Crippen molar-refractivity contribution in [2.75, 3.05) is 7.11 Å². The molecule has 34 heavy (non-hydrogen) atoms. The van der Waals surface area contributed by atoms with Gasteiger partial charge < -0.3 is 9.47 Å². The summed E-state index contributed by atoms with van der Waals surface area (Å²) < 4.78 is 65.1. The summed E-state index contributed by atoms with van der Waals surface area (Å²) in [5.41, 5.74) is 2.14. The molecule has 1 aliphatic carbocycles. The Bertz CT molecular complexity index is 1120. The van der Waals surface area contributed by atoms with E-state index < -0.39 is 17.9 Å². The number of aromatic nitrogens is 1. The summed E-state index contributed by atoms with van der Waals surface area (Å²) >= 11 is 0. The lowest BCUT2D eigenvalue weighted by Gasteiger charge is -2.36. The van der Waals surface area contributed by atoms with E-state index in [1.54, 1.807) is 13.2 Å². The normalized spacial score (nSPS) is 18.3. The van der Waals surface area contributed by atoms with Crippen molar-refractivity contribution in [3.8, 4) is 5.75 Å². The minimum Gasteiger partial charge on any atom is -0.497 e. The van der Waals surface area contributed by atoms with E-state index in [0.29, 0.717) is 13.0 Å². The van der Waals surface area contributed by atoms with Gasteiger partial charge >= 0.3 is 6.18 Å². The van der Waals surface area contributed by atoms with Crippen LogP contribution < -0.4 is 4.74 Å². The van der Waals surface area contributed by atoms with Crippen molar-refractivity contribution in [2.24, 2.45) is 5.41 Å². The molecule has 2 atom stereocenters. The van der Waals surface area contributed by atoms with Crippen molar-refractivity contribution < 1.29 is 27.0 Å². The molecule has 1 heterocycles. The third-order valence-corrected chi connectivity index (χ3v) is 6.16. The number of methoxy groups -OCH3 is 1. The maximum atomic E-state index is 15.2. The number of benzene rings is 2. The fraction of sp³-hybridized carbons (Fsp3) is 0.370. The van der Waals surface area contributed by atoms with Crippen molar-refractivity contribution in [2.45, 2.75) is 51.7 Å². The molecule has 3 nitrogen and oxygen atoms in total. The first-order valence-electron chi connectivity index (χ1n) is 11.1. The molecular weight excluding hydrogens is 446 g/mol. The quantitative estimate of drug-likeness (QED) is 0.350. The molecule has 0 amide bonds. The molecule has 1 aliphatic rings. The molecule has 0 radical (unpaired) electrons. The second kappa shape index (κ2) is 9.37. The lowest BCUT2D eigenvalue weighted by Crippen LogP contribution is -2.28. The Hall–Kier alpha value is -2.93. The van der Waals surface area contributed by atoms with Crippen LogP contribution in [0, 0.1) is 5.41 Å². The molecule has 0 fully saturated rings. The molecule has 1 unspecified atom stereocenters. The summed E-state index contributed by atoms with van der Waals surface area (Å²) in [5.74, 6) is 0.776. The van der Waals surface area contributed by atoms with Crippen molar-refractivity contribution in [3.05, 3.63) is 94.3 Å². The highest BCUT2D eigenvalue weighted by atomic mass is 19.4. The molecule has 180 valence electrons. The zero-order chi connectivity index (χ0) is 24.5. The van der Waals surface area contributed by atoms with Crippen molar-refractivity contribution in [1.82, 2.24) is 4.98 Å². The number of pyridine rings is 1. The standard InChI is InChI=1S/C27H27F4NO2/c1-26(2)14-23-21(24(15-26)34-16-17-4-10-20(33-3)11-5-17)12-13-22(32-23)25(28)18-6-8-19(9-7-18)27(29,30)31/h4-13,24-25H,14-16H2,1-3H3/t24?,25-/m0/s1. The predicted molar refractivity (Wildman–Crippen MR) is 121 cm³/mol. The van der Waals surface area contributed by atoms with Gasteiger partial charge in [0.05, 0.1) is 31.1 Å².